The lowest BCUT2D eigenvalue weighted by Gasteiger charge is -2.20. The molecule has 0 aliphatic carbocycles. The predicted octanol–water partition coefficient (Wildman–Crippen LogP) is 0.323. The molecule has 0 aromatic rings. The van der Waals surface area contributed by atoms with E-state index in [9.17, 15) is 14.4 Å². The molecule has 1 heterocycles. The van der Waals surface area contributed by atoms with Crippen LogP contribution in [-0.2, 0) is 14.4 Å². The lowest BCUT2D eigenvalue weighted by molar-refractivity contribution is -0.134. The van der Waals surface area contributed by atoms with Gasteiger partial charge in [0.15, 0.2) is 0 Å². The third kappa shape index (κ3) is 7.05. The Morgan fingerprint density at radius 1 is 1.26 bits per heavy atom. The number of carboxylic acid groups (broad SMARTS) is 1. The highest BCUT2D eigenvalue weighted by Gasteiger charge is 2.16. The second kappa shape index (κ2) is 8.79. The number of amides is 2. The number of nitrogens with one attached hydrogen (secondary N) is 1. The molecular weight excluding hydrogens is 268 g/mol. The number of thioether (sulfide) groups is 1. The Morgan fingerprint density at radius 3 is 2.79 bits per heavy atom. The number of aliphatic carboxylic acids is 1. The lowest BCUT2D eigenvalue weighted by Crippen LogP contribution is -2.38. The summed E-state index contributed by atoms with van der Waals surface area (Å²) in [6, 6.07) is 0. The van der Waals surface area contributed by atoms with Crippen LogP contribution >= 0.6 is 11.8 Å². The van der Waals surface area contributed by atoms with Gasteiger partial charge in [-0.1, -0.05) is 6.42 Å². The molecule has 0 spiro atoms. The zero-order valence-electron chi connectivity index (χ0n) is 10.9. The molecule has 0 atom stereocenters. The van der Waals surface area contributed by atoms with Crippen LogP contribution in [0.4, 0.5) is 0 Å². The van der Waals surface area contributed by atoms with Crippen LogP contribution in [0.15, 0.2) is 0 Å². The third-order valence-electron chi connectivity index (χ3n) is 2.83. The maximum atomic E-state index is 11.7. The van der Waals surface area contributed by atoms with E-state index in [1.54, 1.807) is 4.90 Å². The number of carbonyl (C=O) groups excluding carboxylic acids is 2. The minimum atomic E-state index is -0.923. The molecule has 1 fully saturated rings. The molecule has 2 N–H and O–H groups in total. The predicted molar refractivity (Wildman–Crippen MR) is 73.0 cm³/mol. The van der Waals surface area contributed by atoms with E-state index in [0.717, 1.165) is 37.6 Å². The van der Waals surface area contributed by atoms with Crippen molar-refractivity contribution in [2.75, 3.05) is 31.1 Å². The van der Waals surface area contributed by atoms with E-state index >= 15 is 0 Å². The fraction of sp³-hybridized carbons (Fsp3) is 0.750. The van der Waals surface area contributed by atoms with E-state index in [-0.39, 0.29) is 23.3 Å². The van der Waals surface area contributed by atoms with Crippen molar-refractivity contribution in [1.82, 2.24) is 10.2 Å². The van der Waals surface area contributed by atoms with Gasteiger partial charge in [0.1, 0.15) is 0 Å². The van der Waals surface area contributed by atoms with Crippen LogP contribution in [0.2, 0.25) is 0 Å². The molecule has 0 aromatic heterocycles. The molecule has 1 saturated heterocycles. The molecule has 0 radical (unpaired) electrons. The maximum Gasteiger partial charge on any atom is 0.313 e. The molecule has 108 valence electrons. The van der Waals surface area contributed by atoms with E-state index in [2.05, 4.69) is 5.32 Å². The molecule has 2 amide bonds. The van der Waals surface area contributed by atoms with Gasteiger partial charge in [-0.3, -0.25) is 14.4 Å². The fourth-order valence-electron chi connectivity index (χ4n) is 1.89. The van der Waals surface area contributed by atoms with Gasteiger partial charge in [-0.2, -0.15) is 0 Å². The third-order valence-corrected chi connectivity index (χ3v) is 3.75. The van der Waals surface area contributed by atoms with Crippen molar-refractivity contribution in [3.63, 3.8) is 0 Å². The Kier molecular flexibility index (Phi) is 7.32. The Labute approximate surface area is 116 Å². The fourth-order valence-corrected chi connectivity index (χ4v) is 2.45. The molecule has 7 heteroatoms. The van der Waals surface area contributed by atoms with Crippen LogP contribution in [0.1, 0.15) is 25.7 Å². The van der Waals surface area contributed by atoms with E-state index in [0.29, 0.717) is 19.5 Å². The summed E-state index contributed by atoms with van der Waals surface area (Å²) in [6.45, 7) is 1.73. The van der Waals surface area contributed by atoms with E-state index < -0.39 is 5.97 Å². The monoisotopic (exact) mass is 288 g/mol. The highest BCUT2D eigenvalue weighted by molar-refractivity contribution is 8.00. The van der Waals surface area contributed by atoms with Gasteiger partial charge in [-0.05, 0) is 12.8 Å². The zero-order valence-corrected chi connectivity index (χ0v) is 11.7. The molecule has 0 unspecified atom stereocenters. The summed E-state index contributed by atoms with van der Waals surface area (Å²) in [6.07, 6.45) is 3.66. The Morgan fingerprint density at radius 2 is 2.05 bits per heavy atom. The van der Waals surface area contributed by atoms with Gasteiger partial charge in [0.05, 0.1) is 11.5 Å². The smallest absolute Gasteiger partial charge is 0.313 e. The van der Waals surface area contributed by atoms with Crippen molar-refractivity contribution in [2.24, 2.45) is 0 Å². The van der Waals surface area contributed by atoms with E-state index in [1.165, 1.54) is 0 Å². The van der Waals surface area contributed by atoms with Gasteiger partial charge in [-0.25, -0.2) is 0 Å². The molecule has 19 heavy (non-hydrogen) atoms. The van der Waals surface area contributed by atoms with Gasteiger partial charge in [0.25, 0.3) is 0 Å². The molecule has 1 aliphatic heterocycles. The number of hydrogen-bond acceptors (Lipinski definition) is 4. The minimum Gasteiger partial charge on any atom is -0.481 e. The quantitative estimate of drug-likeness (QED) is 0.704. The summed E-state index contributed by atoms with van der Waals surface area (Å²) in [5.41, 5.74) is 0. The van der Waals surface area contributed by atoms with Crippen molar-refractivity contribution in [2.45, 2.75) is 25.7 Å². The van der Waals surface area contributed by atoms with Crippen LogP contribution in [0, 0.1) is 0 Å². The number of nitrogens with zero attached hydrogens (tertiary/aromatic N) is 1. The van der Waals surface area contributed by atoms with Crippen LogP contribution in [0.25, 0.3) is 0 Å². The van der Waals surface area contributed by atoms with Crippen molar-refractivity contribution < 1.29 is 19.5 Å². The average Bonchev–Trinajstić information content (AvgIpc) is 2.54. The number of carboxylic acids is 1. The minimum absolute atomic E-state index is 0.0714. The number of likely N-dealkylation sites (tertiary alicyclic amines) is 1. The van der Waals surface area contributed by atoms with Gasteiger partial charge in [0, 0.05) is 26.1 Å². The Hall–Kier alpha value is -1.24. The molecule has 0 bridgehead atoms. The molecular formula is C12H20N2O4S. The first-order valence-electron chi connectivity index (χ1n) is 6.43. The maximum absolute atomic E-state index is 11.7. The Bertz CT molecular complexity index is 336. The second-order valence-corrected chi connectivity index (χ2v) is 5.41. The average molecular weight is 288 g/mol. The summed E-state index contributed by atoms with van der Waals surface area (Å²) >= 11 is 1.07. The van der Waals surface area contributed by atoms with Crippen LogP contribution in [-0.4, -0.2) is 58.9 Å². The first-order chi connectivity index (χ1) is 9.09. The first kappa shape index (κ1) is 15.8. The number of rotatable bonds is 7. The molecule has 0 saturated carbocycles. The Balaban J connectivity index is 2.13. The largest absolute Gasteiger partial charge is 0.481 e. The topological polar surface area (TPSA) is 86.7 Å². The van der Waals surface area contributed by atoms with Crippen molar-refractivity contribution in [1.29, 1.82) is 0 Å². The van der Waals surface area contributed by atoms with Crippen molar-refractivity contribution in [3.05, 3.63) is 0 Å². The van der Waals surface area contributed by atoms with Crippen LogP contribution < -0.4 is 5.32 Å². The second-order valence-electron chi connectivity index (χ2n) is 4.43. The molecule has 6 nitrogen and oxygen atoms in total. The molecule has 1 rings (SSSR count). The molecule has 0 aromatic carbocycles. The number of hydrogen-bond donors (Lipinski definition) is 2. The number of carbonyl (C=O) groups is 3. The summed E-state index contributed by atoms with van der Waals surface area (Å²) in [4.78, 5) is 35.1. The summed E-state index contributed by atoms with van der Waals surface area (Å²) in [7, 11) is 0. The van der Waals surface area contributed by atoms with Gasteiger partial charge >= 0.3 is 5.97 Å². The van der Waals surface area contributed by atoms with Crippen LogP contribution in [0.5, 0.6) is 0 Å². The van der Waals surface area contributed by atoms with E-state index in [4.69, 9.17) is 5.11 Å². The van der Waals surface area contributed by atoms with E-state index in [1.807, 2.05) is 0 Å². The first-order valence-corrected chi connectivity index (χ1v) is 7.59. The normalized spacial score (nSPS) is 16.0. The standard InChI is InChI=1S/C12H20N2O4S/c15-10(8-19-9-12(17)18)13-5-7-14-6-3-1-2-4-11(14)16/h1-9H2,(H,13,15)(H,17,18). The highest BCUT2D eigenvalue weighted by atomic mass is 32.2. The zero-order chi connectivity index (χ0) is 14.1. The van der Waals surface area contributed by atoms with Crippen LogP contribution in [0.3, 0.4) is 0 Å². The van der Waals surface area contributed by atoms with Gasteiger partial charge in [0.2, 0.25) is 11.8 Å². The summed E-state index contributed by atoms with van der Waals surface area (Å²) < 4.78 is 0. The summed E-state index contributed by atoms with van der Waals surface area (Å²) in [5.74, 6) is -0.883. The van der Waals surface area contributed by atoms with Crippen molar-refractivity contribution >= 4 is 29.5 Å². The van der Waals surface area contributed by atoms with Crippen molar-refractivity contribution in [3.8, 4) is 0 Å². The summed E-state index contributed by atoms with van der Waals surface area (Å²) in [5, 5.41) is 11.1. The SMILES string of the molecule is O=C(O)CSCC(=O)NCCN1CCCCCC1=O. The highest BCUT2D eigenvalue weighted by Crippen LogP contribution is 2.10. The van der Waals surface area contributed by atoms with Gasteiger partial charge in [-0.15, -0.1) is 11.8 Å². The molecule has 1 aliphatic rings. The van der Waals surface area contributed by atoms with Gasteiger partial charge < -0.3 is 15.3 Å². The lowest BCUT2D eigenvalue weighted by atomic mass is 10.2.